The smallest absolute Gasteiger partial charge is 0.410 e. The van der Waals surface area contributed by atoms with Crippen LogP contribution in [0.3, 0.4) is 0 Å². The lowest BCUT2D eigenvalue weighted by atomic mass is 10.1. The molecule has 2 aliphatic heterocycles. The van der Waals surface area contributed by atoms with Crippen LogP contribution in [-0.2, 0) is 9.47 Å². The molecule has 8 nitrogen and oxygen atoms in total. The Balaban J connectivity index is 0.00000392. The molecule has 2 fully saturated rings. The highest BCUT2D eigenvalue weighted by molar-refractivity contribution is 14.0. The lowest BCUT2D eigenvalue weighted by molar-refractivity contribution is 0.00700. The van der Waals surface area contributed by atoms with Gasteiger partial charge >= 0.3 is 6.09 Å². The summed E-state index contributed by atoms with van der Waals surface area (Å²) in [5.74, 6) is 0.831. The van der Waals surface area contributed by atoms with Gasteiger partial charge in [-0.3, -0.25) is 9.89 Å². The van der Waals surface area contributed by atoms with Gasteiger partial charge in [0.25, 0.3) is 0 Å². The number of unbranched alkanes of at least 4 members (excludes halogenated alkanes) is 1. The Morgan fingerprint density at radius 1 is 1.21 bits per heavy atom. The van der Waals surface area contributed by atoms with Gasteiger partial charge in [0.2, 0.25) is 0 Å². The van der Waals surface area contributed by atoms with Gasteiger partial charge in [0, 0.05) is 39.3 Å². The zero-order valence-corrected chi connectivity index (χ0v) is 20.2. The molecule has 2 saturated heterocycles. The summed E-state index contributed by atoms with van der Waals surface area (Å²) in [6.45, 7) is 15.6. The number of rotatable bonds is 7. The van der Waals surface area contributed by atoms with Crippen molar-refractivity contribution in [1.82, 2.24) is 20.4 Å². The number of likely N-dealkylation sites (tertiary alicyclic amines) is 1. The van der Waals surface area contributed by atoms with Crippen LogP contribution >= 0.6 is 24.0 Å². The molecule has 1 amide bonds. The van der Waals surface area contributed by atoms with Gasteiger partial charge in [0.05, 0.1) is 19.3 Å². The van der Waals surface area contributed by atoms with Gasteiger partial charge in [-0.1, -0.05) is 0 Å². The maximum absolute atomic E-state index is 12.0. The van der Waals surface area contributed by atoms with Gasteiger partial charge in [-0.25, -0.2) is 4.79 Å². The Bertz CT molecular complexity index is 486. The number of carbonyl (C=O) groups excluding carboxylic acids is 1. The van der Waals surface area contributed by atoms with Crippen molar-refractivity contribution >= 4 is 36.0 Å². The Hall–Kier alpha value is -0.810. The number of carbonyl (C=O) groups is 1. The van der Waals surface area contributed by atoms with E-state index in [1.165, 1.54) is 0 Å². The predicted molar refractivity (Wildman–Crippen MR) is 123 cm³/mol. The van der Waals surface area contributed by atoms with E-state index in [2.05, 4.69) is 27.4 Å². The van der Waals surface area contributed by atoms with Crippen molar-refractivity contribution < 1.29 is 14.3 Å². The number of nitrogens with zero attached hydrogens (tertiary/aromatic N) is 3. The lowest BCUT2D eigenvalue weighted by Crippen LogP contribution is -2.63. The molecular weight excluding hydrogens is 473 g/mol. The minimum atomic E-state index is -0.451. The third-order valence-corrected chi connectivity index (χ3v) is 4.47. The zero-order chi connectivity index (χ0) is 19.7. The minimum Gasteiger partial charge on any atom is -0.444 e. The number of aliphatic imine (C=N–C) groups is 1. The van der Waals surface area contributed by atoms with Crippen molar-refractivity contribution in [2.24, 2.45) is 4.99 Å². The highest BCUT2D eigenvalue weighted by atomic mass is 127. The van der Waals surface area contributed by atoms with E-state index in [1.54, 1.807) is 4.90 Å². The number of halogens is 1. The first-order chi connectivity index (χ1) is 12.9. The highest BCUT2D eigenvalue weighted by Crippen LogP contribution is 2.15. The number of hydrogen-bond acceptors (Lipinski definition) is 5. The van der Waals surface area contributed by atoms with Crippen molar-refractivity contribution in [3.8, 4) is 0 Å². The summed E-state index contributed by atoms with van der Waals surface area (Å²) in [6, 6.07) is 0.226. The van der Waals surface area contributed by atoms with Crippen molar-refractivity contribution in [2.75, 3.05) is 59.0 Å². The third-order valence-electron chi connectivity index (χ3n) is 4.47. The molecular formula is C19H38IN5O3. The maximum Gasteiger partial charge on any atom is 0.410 e. The van der Waals surface area contributed by atoms with Crippen LogP contribution in [0.4, 0.5) is 4.79 Å². The van der Waals surface area contributed by atoms with Crippen LogP contribution < -0.4 is 10.6 Å². The van der Waals surface area contributed by atoms with Gasteiger partial charge in [-0.05, 0) is 47.1 Å². The molecule has 0 aromatic heterocycles. The molecule has 0 spiro atoms. The van der Waals surface area contributed by atoms with E-state index < -0.39 is 5.60 Å². The second-order valence-corrected chi connectivity index (χ2v) is 8.15. The summed E-state index contributed by atoms with van der Waals surface area (Å²) in [5.41, 5.74) is -0.451. The predicted octanol–water partition coefficient (Wildman–Crippen LogP) is 1.89. The number of amides is 1. The molecule has 0 radical (unpaired) electrons. The van der Waals surface area contributed by atoms with Crippen LogP contribution in [0.1, 0.15) is 40.5 Å². The molecule has 28 heavy (non-hydrogen) atoms. The maximum atomic E-state index is 12.0. The van der Waals surface area contributed by atoms with E-state index in [4.69, 9.17) is 9.47 Å². The molecule has 0 unspecified atom stereocenters. The molecule has 0 saturated carbocycles. The first-order valence-electron chi connectivity index (χ1n) is 10.2. The molecule has 0 aromatic rings. The van der Waals surface area contributed by atoms with Crippen LogP contribution in [-0.4, -0.2) is 92.5 Å². The summed E-state index contributed by atoms with van der Waals surface area (Å²) < 4.78 is 10.8. The summed E-state index contributed by atoms with van der Waals surface area (Å²) in [7, 11) is 0. The van der Waals surface area contributed by atoms with E-state index in [0.717, 1.165) is 64.7 Å². The number of hydrogen-bond donors (Lipinski definition) is 2. The topological polar surface area (TPSA) is 78.4 Å². The van der Waals surface area contributed by atoms with Crippen molar-refractivity contribution in [2.45, 2.75) is 52.2 Å². The Kier molecular flexibility index (Phi) is 11.4. The van der Waals surface area contributed by atoms with Crippen LogP contribution in [0.2, 0.25) is 0 Å². The molecule has 9 heteroatoms. The zero-order valence-electron chi connectivity index (χ0n) is 17.8. The Morgan fingerprint density at radius 3 is 2.50 bits per heavy atom. The second kappa shape index (κ2) is 12.7. The van der Waals surface area contributed by atoms with E-state index >= 15 is 0 Å². The normalized spacial score (nSPS) is 18.9. The molecule has 0 bridgehead atoms. The van der Waals surface area contributed by atoms with Crippen LogP contribution in [0.25, 0.3) is 0 Å². The standard InChI is InChI=1S/C19H37N5O3.HI/c1-5-20-17(21-8-6-7-9-23-10-12-26-13-11-23)22-16-14-24(15-16)18(25)27-19(2,3)4;/h16H,5-15H2,1-4H3,(H2,20,21,22);1H. The molecule has 164 valence electrons. The van der Waals surface area contributed by atoms with E-state index in [9.17, 15) is 4.79 Å². The van der Waals surface area contributed by atoms with Crippen molar-refractivity contribution in [1.29, 1.82) is 0 Å². The molecule has 0 aromatic carbocycles. The summed E-state index contributed by atoms with van der Waals surface area (Å²) in [5, 5.41) is 6.69. The van der Waals surface area contributed by atoms with E-state index in [1.807, 2.05) is 20.8 Å². The number of guanidine groups is 1. The molecule has 2 aliphatic rings. The van der Waals surface area contributed by atoms with Crippen molar-refractivity contribution in [3.63, 3.8) is 0 Å². The van der Waals surface area contributed by atoms with Crippen molar-refractivity contribution in [3.05, 3.63) is 0 Å². The van der Waals surface area contributed by atoms with Gasteiger partial charge < -0.3 is 25.0 Å². The Labute approximate surface area is 186 Å². The van der Waals surface area contributed by atoms with Crippen LogP contribution in [0, 0.1) is 0 Å². The second-order valence-electron chi connectivity index (χ2n) is 8.15. The molecule has 2 heterocycles. The lowest BCUT2D eigenvalue weighted by Gasteiger charge is -2.40. The first kappa shape index (κ1) is 25.2. The molecule has 0 aliphatic carbocycles. The summed E-state index contributed by atoms with van der Waals surface area (Å²) in [6.07, 6.45) is 1.98. The molecule has 2 N–H and O–H groups in total. The van der Waals surface area contributed by atoms with E-state index in [-0.39, 0.29) is 36.1 Å². The average molecular weight is 511 g/mol. The van der Waals surface area contributed by atoms with Gasteiger partial charge in [0.15, 0.2) is 5.96 Å². The van der Waals surface area contributed by atoms with Gasteiger partial charge in [-0.2, -0.15) is 0 Å². The largest absolute Gasteiger partial charge is 0.444 e. The monoisotopic (exact) mass is 511 g/mol. The molecule has 2 rings (SSSR count). The fraction of sp³-hybridized carbons (Fsp3) is 0.895. The number of nitrogens with one attached hydrogen (secondary N) is 2. The van der Waals surface area contributed by atoms with Gasteiger partial charge in [0.1, 0.15) is 5.60 Å². The van der Waals surface area contributed by atoms with Crippen LogP contribution in [0.15, 0.2) is 4.99 Å². The first-order valence-corrected chi connectivity index (χ1v) is 10.2. The summed E-state index contributed by atoms with van der Waals surface area (Å²) >= 11 is 0. The molecule has 0 atom stereocenters. The van der Waals surface area contributed by atoms with E-state index in [0.29, 0.717) is 13.1 Å². The third kappa shape index (κ3) is 9.60. The quantitative estimate of drug-likeness (QED) is 0.235. The number of morpholine rings is 1. The van der Waals surface area contributed by atoms with Crippen LogP contribution in [0.5, 0.6) is 0 Å². The average Bonchev–Trinajstić information content (AvgIpc) is 2.56. The Morgan fingerprint density at radius 2 is 1.89 bits per heavy atom. The SMILES string of the molecule is CCNC(=NCCCCN1CCOCC1)NC1CN(C(=O)OC(C)(C)C)C1.I. The highest BCUT2D eigenvalue weighted by Gasteiger charge is 2.34. The fourth-order valence-corrected chi connectivity index (χ4v) is 3.02. The number of ether oxygens (including phenoxy) is 2. The van der Waals surface area contributed by atoms with Gasteiger partial charge in [-0.15, -0.1) is 24.0 Å². The summed E-state index contributed by atoms with van der Waals surface area (Å²) in [4.78, 5) is 20.8. The minimum absolute atomic E-state index is 0. The fourth-order valence-electron chi connectivity index (χ4n) is 3.02.